The number of hydrogen-bond acceptors (Lipinski definition) is 8. The molecule has 4 aromatic heterocycles. The fraction of sp³-hybridized carbons (Fsp3) is 0.192. The van der Waals surface area contributed by atoms with Crippen LogP contribution < -0.4 is 4.90 Å². The van der Waals surface area contributed by atoms with Crippen LogP contribution in [0.25, 0.3) is 28.4 Å². The summed E-state index contributed by atoms with van der Waals surface area (Å²) in [5, 5.41) is 4.63. The van der Waals surface area contributed by atoms with Gasteiger partial charge in [-0.1, -0.05) is 18.2 Å². The van der Waals surface area contributed by atoms with E-state index < -0.39 is 9.84 Å². The van der Waals surface area contributed by atoms with Crippen LogP contribution in [0.4, 0.5) is 10.2 Å². The van der Waals surface area contributed by atoms with E-state index in [2.05, 4.69) is 19.9 Å². The number of sulfone groups is 1. The minimum Gasteiger partial charge on any atom is -0.348 e. The molecule has 0 radical (unpaired) electrons. The van der Waals surface area contributed by atoms with Crippen molar-refractivity contribution in [1.82, 2.24) is 29.5 Å². The van der Waals surface area contributed by atoms with Gasteiger partial charge in [0.05, 0.1) is 29.3 Å². The number of nitrogens with zero attached hydrogens (tertiary/aromatic N) is 7. The van der Waals surface area contributed by atoms with Gasteiger partial charge in [0.1, 0.15) is 17.3 Å². The molecule has 9 nitrogen and oxygen atoms in total. The van der Waals surface area contributed by atoms with Crippen LogP contribution >= 0.6 is 0 Å². The highest BCUT2D eigenvalue weighted by Gasteiger charge is 2.28. The molecular formula is C26H22FN7O2S. The zero-order chi connectivity index (χ0) is 25.6. The van der Waals surface area contributed by atoms with E-state index in [1.807, 2.05) is 30.3 Å². The summed E-state index contributed by atoms with van der Waals surface area (Å²) >= 11 is 0. The summed E-state index contributed by atoms with van der Waals surface area (Å²) < 4.78 is 39.4. The van der Waals surface area contributed by atoms with E-state index in [0.717, 1.165) is 37.0 Å². The molecule has 0 N–H and O–H groups in total. The van der Waals surface area contributed by atoms with Crippen LogP contribution in [0.1, 0.15) is 24.4 Å². The van der Waals surface area contributed by atoms with Crippen molar-refractivity contribution >= 4 is 21.3 Å². The number of rotatable bonds is 5. The second-order valence-corrected chi connectivity index (χ2v) is 10.8. The number of aromatic nitrogens is 6. The van der Waals surface area contributed by atoms with E-state index in [9.17, 15) is 12.8 Å². The summed E-state index contributed by atoms with van der Waals surface area (Å²) in [5.41, 5.74) is 3.78. The lowest BCUT2D eigenvalue weighted by Gasteiger charge is -2.26. The minimum absolute atomic E-state index is 0.0379. The van der Waals surface area contributed by atoms with Crippen molar-refractivity contribution in [1.29, 1.82) is 0 Å². The van der Waals surface area contributed by atoms with Crippen molar-refractivity contribution in [3.05, 3.63) is 84.4 Å². The Morgan fingerprint density at radius 3 is 2.59 bits per heavy atom. The van der Waals surface area contributed by atoms with Crippen LogP contribution in [0, 0.1) is 5.82 Å². The molecule has 5 aromatic rings. The number of anilines is 1. The van der Waals surface area contributed by atoms with Gasteiger partial charge in [-0.05, 0) is 60.9 Å². The maximum atomic E-state index is 13.9. The lowest BCUT2D eigenvalue weighted by molar-refractivity contribution is 0.593. The molecule has 1 atom stereocenters. The van der Waals surface area contributed by atoms with E-state index in [-0.39, 0.29) is 17.0 Å². The first-order valence-electron chi connectivity index (χ1n) is 11.7. The number of benzene rings is 1. The first-order valence-corrected chi connectivity index (χ1v) is 13.6. The summed E-state index contributed by atoms with van der Waals surface area (Å²) in [5.74, 6) is 0.520. The SMILES string of the molecule is CS(=O)(=O)c1nccc(-c2cccc(-c3cnc4ccc(N5CCC[C@@H]5c5cccc(F)c5)nn34)n2)n1. The van der Waals surface area contributed by atoms with Crippen LogP contribution in [0.3, 0.4) is 0 Å². The van der Waals surface area contributed by atoms with Crippen molar-refractivity contribution in [2.75, 3.05) is 17.7 Å². The molecule has 1 aliphatic rings. The molecule has 1 aromatic carbocycles. The summed E-state index contributed by atoms with van der Waals surface area (Å²) in [6, 6.07) is 17.6. The maximum Gasteiger partial charge on any atom is 0.247 e. The molecule has 5 heterocycles. The van der Waals surface area contributed by atoms with Crippen molar-refractivity contribution in [3.63, 3.8) is 0 Å². The molecule has 0 aliphatic carbocycles. The predicted molar refractivity (Wildman–Crippen MR) is 136 cm³/mol. The molecule has 186 valence electrons. The molecule has 0 amide bonds. The Kier molecular flexibility index (Phi) is 5.64. The third kappa shape index (κ3) is 4.42. The molecule has 0 saturated carbocycles. The second kappa shape index (κ2) is 9.00. The highest BCUT2D eigenvalue weighted by atomic mass is 32.2. The molecule has 6 rings (SSSR count). The van der Waals surface area contributed by atoms with Crippen molar-refractivity contribution in [2.45, 2.75) is 24.0 Å². The van der Waals surface area contributed by atoms with E-state index in [1.165, 1.54) is 12.3 Å². The van der Waals surface area contributed by atoms with Crippen molar-refractivity contribution in [3.8, 4) is 22.8 Å². The number of fused-ring (bicyclic) bond motifs is 1. The molecular weight excluding hydrogens is 493 g/mol. The van der Waals surface area contributed by atoms with E-state index in [4.69, 9.17) is 10.1 Å². The zero-order valence-electron chi connectivity index (χ0n) is 19.9. The van der Waals surface area contributed by atoms with Gasteiger partial charge >= 0.3 is 0 Å². The minimum atomic E-state index is -3.56. The Hall–Kier alpha value is -4.25. The summed E-state index contributed by atoms with van der Waals surface area (Å²) in [6.07, 6.45) is 6.07. The van der Waals surface area contributed by atoms with E-state index in [1.54, 1.807) is 35.0 Å². The van der Waals surface area contributed by atoms with Gasteiger partial charge in [-0.15, -0.1) is 5.10 Å². The highest BCUT2D eigenvalue weighted by molar-refractivity contribution is 7.90. The Morgan fingerprint density at radius 2 is 1.76 bits per heavy atom. The summed E-state index contributed by atoms with van der Waals surface area (Å²) in [4.78, 5) is 19.4. The van der Waals surface area contributed by atoms with Gasteiger partial charge in [-0.2, -0.15) is 0 Å². The average Bonchev–Trinajstić information content (AvgIpc) is 3.56. The largest absolute Gasteiger partial charge is 0.348 e. The molecule has 1 aliphatic heterocycles. The van der Waals surface area contributed by atoms with Gasteiger partial charge in [-0.3, -0.25) is 0 Å². The Labute approximate surface area is 212 Å². The van der Waals surface area contributed by atoms with Gasteiger partial charge < -0.3 is 4.90 Å². The topological polar surface area (TPSA) is 106 Å². The summed E-state index contributed by atoms with van der Waals surface area (Å²) in [6.45, 7) is 0.813. The fourth-order valence-electron chi connectivity index (χ4n) is 4.67. The lowest BCUT2D eigenvalue weighted by Crippen LogP contribution is -2.24. The van der Waals surface area contributed by atoms with E-state index in [0.29, 0.717) is 28.4 Å². The van der Waals surface area contributed by atoms with Gasteiger partial charge in [-0.25, -0.2) is 37.3 Å². The monoisotopic (exact) mass is 515 g/mol. The normalized spacial score (nSPS) is 15.9. The standard InChI is InChI=1S/C26H22FN7O2S/c1-37(35,36)26-28-13-12-20(31-26)19-7-3-8-21(30-19)23-16-29-24-10-11-25(32-34(23)24)33-14-4-9-22(33)17-5-2-6-18(27)15-17/h2-3,5-8,10-13,15-16,22H,4,9,14H2,1H3/t22-/m1/s1. The Balaban J connectivity index is 1.38. The summed E-state index contributed by atoms with van der Waals surface area (Å²) in [7, 11) is -3.56. The zero-order valence-corrected chi connectivity index (χ0v) is 20.7. The highest BCUT2D eigenvalue weighted by Crippen LogP contribution is 2.35. The quantitative estimate of drug-likeness (QED) is 0.322. The molecule has 1 fully saturated rings. The van der Waals surface area contributed by atoms with Crippen LogP contribution in [0.2, 0.25) is 0 Å². The lowest BCUT2D eigenvalue weighted by atomic mass is 10.0. The molecule has 37 heavy (non-hydrogen) atoms. The third-order valence-corrected chi connectivity index (χ3v) is 7.23. The van der Waals surface area contributed by atoms with Crippen LogP contribution in [-0.4, -0.2) is 50.8 Å². The van der Waals surface area contributed by atoms with Gasteiger partial charge in [0.25, 0.3) is 0 Å². The van der Waals surface area contributed by atoms with E-state index >= 15 is 0 Å². The first kappa shape index (κ1) is 23.2. The number of imidazole rings is 1. The van der Waals surface area contributed by atoms with Crippen LogP contribution in [0.15, 0.2) is 78.2 Å². The molecule has 1 saturated heterocycles. The molecule has 11 heteroatoms. The van der Waals surface area contributed by atoms with Crippen LogP contribution in [-0.2, 0) is 9.84 Å². The average molecular weight is 516 g/mol. The number of halogens is 1. The van der Waals surface area contributed by atoms with Crippen LogP contribution in [0.5, 0.6) is 0 Å². The smallest absolute Gasteiger partial charge is 0.247 e. The maximum absolute atomic E-state index is 13.9. The third-order valence-electron chi connectivity index (χ3n) is 6.37. The van der Waals surface area contributed by atoms with Gasteiger partial charge in [0.2, 0.25) is 15.0 Å². The molecule has 0 spiro atoms. The predicted octanol–water partition coefficient (Wildman–Crippen LogP) is 4.13. The Morgan fingerprint density at radius 1 is 0.946 bits per heavy atom. The first-order chi connectivity index (χ1) is 17.9. The van der Waals surface area contributed by atoms with Gasteiger partial charge in [0.15, 0.2) is 5.65 Å². The molecule has 0 unspecified atom stereocenters. The second-order valence-electron chi connectivity index (χ2n) is 8.92. The van der Waals surface area contributed by atoms with Gasteiger partial charge in [0, 0.05) is 19.0 Å². The fourth-order valence-corrected chi connectivity index (χ4v) is 5.19. The van der Waals surface area contributed by atoms with Crippen molar-refractivity contribution < 1.29 is 12.8 Å². The molecule has 0 bridgehead atoms. The number of pyridine rings is 1. The number of hydrogen-bond donors (Lipinski definition) is 0. The van der Waals surface area contributed by atoms with Crippen molar-refractivity contribution in [2.24, 2.45) is 0 Å². The Bertz CT molecular complexity index is 1740.